The van der Waals surface area contributed by atoms with Gasteiger partial charge < -0.3 is 15.5 Å². The van der Waals surface area contributed by atoms with Gasteiger partial charge in [-0.3, -0.25) is 4.98 Å². The highest BCUT2D eigenvalue weighted by molar-refractivity contribution is 5.94. The average molecular weight is 476 g/mol. The second-order valence-electron chi connectivity index (χ2n) is 9.38. The Kier molecular flexibility index (Phi) is 5.91. The van der Waals surface area contributed by atoms with Crippen LogP contribution < -0.4 is 26.0 Å². The van der Waals surface area contributed by atoms with Crippen molar-refractivity contribution < 1.29 is 0 Å². The van der Waals surface area contributed by atoms with Crippen molar-refractivity contribution in [2.75, 3.05) is 36.4 Å². The van der Waals surface area contributed by atoms with Crippen molar-refractivity contribution in [1.82, 2.24) is 25.3 Å². The summed E-state index contributed by atoms with van der Waals surface area (Å²) in [6, 6.07) is 9.99. The summed E-state index contributed by atoms with van der Waals surface area (Å²) in [6.07, 6.45) is 11.8. The van der Waals surface area contributed by atoms with Gasteiger partial charge in [-0.1, -0.05) is 31.4 Å². The summed E-state index contributed by atoms with van der Waals surface area (Å²) in [5.74, 6) is 3.00. The van der Waals surface area contributed by atoms with E-state index in [0.717, 1.165) is 70.4 Å². The average Bonchev–Trinajstić information content (AvgIpc) is 3.76. The number of rotatable bonds is 6. The SMILES string of the molecule is C=C/C=c1/ccc(Nc2cc(-c3nc(N4CCNCC4)c4c(C5CC5)cncc4n3)ccn2)cc1=C. The number of hydrogen-bond donors (Lipinski definition) is 2. The summed E-state index contributed by atoms with van der Waals surface area (Å²) < 4.78 is 0. The lowest BCUT2D eigenvalue weighted by molar-refractivity contribution is 0.586. The molecule has 0 unspecified atom stereocenters. The molecular formula is C29H29N7. The molecule has 1 aliphatic heterocycles. The van der Waals surface area contributed by atoms with E-state index >= 15 is 0 Å². The smallest absolute Gasteiger partial charge is 0.162 e. The molecule has 6 rings (SSSR count). The molecule has 0 amide bonds. The van der Waals surface area contributed by atoms with E-state index < -0.39 is 0 Å². The molecule has 7 nitrogen and oxygen atoms in total. The minimum Gasteiger partial charge on any atom is -0.353 e. The fourth-order valence-corrected chi connectivity index (χ4v) is 4.79. The highest BCUT2D eigenvalue weighted by Crippen LogP contribution is 2.44. The summed E-state index contributed by atoms with van der Waals surface area (Å²) in [5.41, 5.74) is 4.02. The topological polar surface area (TPSA) is 78.9 Å². The van der Waals surface area contributed by atoms with E-state index in [1.54, 1.807) is 12.3 Å². The first-order valence-electron chi connectivity index (χ1n) is 12.5. The summed E-state index contributed by atoms with van der Waals surface area (Å²) >= 11 is 0. The molecule has 0 radical (unpaired) electrons. The van der Waals surface area contributed by atoms with Crippen LogP contribution in [-0.4, -0.2) is 46.1 Å². The van der Waals surface area contributed by atoms with Crippen LogP contribution >= 0.6 is 0 Å². The minimum atomic E-state index is 0.572. The zero-order chi connectivity index (χ0) is 24.5. The predicted molar refractivity (Wildman–Crippen MR) is 147 cm³/mol. The van der Waals surface area contributed by atoms with Gasteiger partial charge in [-0.2, -0.15) is 0 Å². The molecule has 2 N–H and O–H groups in total. The molecule has 7 heteroatoms. The van der Waals surface area contributed by atoms with Crippen LogP contribution in [0.1, 0.15) is 24.3 Å². The predicted octanol–water partition coefficient (Wildman–Crippen LogP) is 3.49. The lowest BCUT2D eigenvalue weighted by Gasteiger charge is -2.30. The maximum atomic E-state index is 5.14. The molecule has 1 saturated heterocycles. The van der Waals surface area contributed by atoms with E-state index in [1.165, 1.54) is 18.4 Å². The molecule has 1 aromatic carbocycles. The zero-order valence-corrected chi connectivity index (χ0v) is 20.2. The number of hydrogen-bond acceptors (Lipinski definition) is 7. The van der Waals surface area contributed by atoms with E-state index in [0.29, 0.717) is 11.7 Å². The Hall–Kier alpha value is -4.10. The van der Waals surface area contributed by atoms with Crippen molar-refractivity contribution in [2.24, 2.45) is 0 Å². The van der Waals surface area contributed by atoms with Crippen molar-refractivity contribution in [3.05, 3.63) is 77.6 Å². The molecule has 0 spiro atoms. The molecule has 4 heterocycles. The molecule has 4 aromatic rings. The Morgan fingerprint density at radius 3 is 2.69 bits per heavy atom. The quantitative estimate of drug-likeness (QED) is 0.442. The number of pyridine rings is 2. The standard InChI is InChI=1S/C29H29N7/c1-3-4-20-7-8-23(15-19(20)2)33-26-16-22(9-10-32-26)28-34-25-18-31-17-24(21-5-6-21)27(25)29(35-28)36-13-11-30-12-14-36/h3-4,7-10,15-18,21,30H,1-2,5-6,11-14H2,(H,32,33)/b20-4-. The van der Waals surface area contributed by atoms with Crippen LogP contribution in [0.2, 0.25) is 0 Å². The molecule has 0 bridgehead atoms. The molecule has 2 aliphatic rings. The summed E-state index contributed by atoms with van der Waals surface area (Å²) in [4.78, 5) is 21.6. The molecule has 180 valence electrons. The molecular weight excluding hydrogens is 446 g/mol. The van der Waals surface area contributed by atoms with Crippen molar-refractivity contribution in [3.8, 4) is 11.4 Å². The maximum Gasteiger partial charge on any atom is 0.162 e. The molecule has 3 aromatic heterocycles. The Morgan fingerprint density at radius 2 is 1.92 bits per heavy atom. The van der Waals surface area contributed by atoms with E-state index in [2.05, 4.69) is 38.7 Å². The molecule has 36 heavy (non-hydrogen) atoms. The van der Waals surface area contributed by atoms with Gasteiger partial charge in [0.2, 0.25) is 0 Å². The Labute approximate surface area is 210 Å². The van der Waals surface area contributed by atoms with E-state index in [9.17, 15) is 0 Å². The van der Waals surface area contributed by atoms with Gasteiger partial charge in [-0.05, 0) is 59.0 Å². The largest absolute Gasteiger partial charge is 0.353 e. The fourth-order valence-electron chi connectivity index (χ4n) is 4.79. The van der Waals surface area contributed by atoms with E-state index in [4.69, 9.17) is 9.97 Å². The number of piperazine rings is 1. The first-order chi connectivity index (χ1) is 17.7. The van der Waals surface area contributed by atoms with Crippen molar-refractivity contribution in [3.63, 3.8) is 0 Å². The second kappa shape index (κ2) is 9.51. The third-order valence-electron chi connectivity index (χ3n) is 6.78. The van der Waals surface area contributed by atoms with Crippen LogP contribution in [0.5, 0.6) is 0 Å². The number of aromatic nitrogens is 4. The highest BCUT2D eigenvalue weighted by atomic mass is 15.2. The molecule has 1 aliphatic carbocycles. The second-order valence-corrected chi connectivity index (χ2v) is 9.38. The Bertz CT molecular complexity index is 1550. The van der Waals surface area contributed by atoms with Gasteiger partial charge in [0, 0.05) is 55.2 Å². The Morgan fingerprint density at radius 1 is 1.06 bits per heavy atom. The summed E-state index contributed by atoms with van der Waals surface area (Å²) in [6.45, 7) is 11.7. The van der Waals surface area contributed by atoms with Gasteiger partial charge in [0.05, 0.1) is 11.7 Å². The van der Waals surface area contributed by atoms with Gasteiger partial charge in [0.15, 0.2) is 5.82 Å². The molecule has 0 atom stereocenters. The van der Waals surface area contributed by atoms with Gasteiger partial charge in [0.1, 0.15) is 11.6 Å². The van der Waals surface area contributed by atoms with Gasteiger partial charge >= 0.3 is 0 Å². The number of nitrogens with zero attached hydrogens (tertiary/aromatic N) is 5. The van der Waals surface area contributed by atoms with Crippen molar-refractivity contribution >= 4 is 40.9 Å². The summed E-state index contributed by atoms with van der Waals surface area (Å²) in [7, 11) is 0. The third-order valence-corrected chi connectivity index (χ3v) is 6.78. The maximum absolute atomic E-state index is 5.14. The minimum absolute atomic E-state index is 0.572. The van der Waals surface area contributed by atoms with E-state index in [1.807, 2.05) is 48.8 Å². The first-order valence-corrected chi connectivity index (χ1v) is 12.5. The lowest BCUT2D eigenvalue weighted by atomic mass is 10.1. The van der Waals surface area contributed by atoms with Crippen molar-refractivity contribution in [1.29, 1.82) is 0 Å². The van der Waals surface area contributed by atoms with E-state index in [-0.39, 0.29) is 0 Å². The molecule has 2 fully saturated rings. The van der Waals surface area contributed by atoms with Crippen molar-refractivity contribution in [2.45, 2.75) is 18.8 Å². The number of allylic oxidation sites excluding steroid dienone is 1. The zero-order valence-electron chi connectivity index (χ0n) is 20.2. The van der Waals surface area contributed by atoms with Crippen LogP contribution in [0.3, 0.4) is 0 Å². The van der Waals surface area contributed by atoms with Crippen LogP contribution in [0.25, 0.3) is 34.9 Å². The monoisotopic (exact) mass is 475 g/mol. The normalized spacial score (nSPS) is 16.3. The lowest BCUT2D eigenvalue weighted by Crippen LogP contribution is -2.44. The number of fused-ring (bicyclic) bond motifs is 1. The summed E-state index contributed by atoms with van der Waals surface area (Å²) in [5, 5.41) is 9.97. The Balaban J connectivity index is 1.40. The van der Waals surface area contributed by atoms with Crippen LogP contribution in [-0.2, 0) is 0 Å². The fraction of sp³-hybridized carbons (Fsp3) is 0.241. The highest BCUT2D eigenvalue weighted by Gasteiger charge is 2.29. The number of anilines is 3. The first kappa shape index (κ1) is 22.4. The third kappa shape index (κ3) is 4.45. The van der Waals surface area contributed by atoms with Gasteiger partial charge in [-0.15, -0.1) is 0 Å². The van der Waals surface area contributed by atoms with Crippen LogP contribution in [0.4, 0.5) is 17.3 Å². The van der Waals surface area contributed by atoms with Crippen LogP contribution in [0.15, 0.2) is 61.6 Å². The molecule has 1 saturated carbocycles. The van der Waals surface area contributed by atoms with Gasteiger partial charge in [-0.25, -0.2) is 15.0 Å². The number of benzene rings is 1. The van der Waals surface area contributed by atoms with Gasteiger partial charge in [0.25, 0.3) is 0 Å². The number of nitrogens with one attached hydrogen (secondary N) is 2. The van der Waals surface area contributed by atoms with Crippen LogP contribution in [0, 0.1) is 0 Å².